The van der Waals surface area contributed by atoms with Crippen LogP contribution in [-0.4, -0.2) is 17.3 Å². The van der Waals surface area contributed by atoms with Crippen LogP contribution in [0.2, 0.25) is 5.02 Å². The molecule has 0 bridgehead atoms. The van der Waals surface area contributed by atoms with Crippen LogP contribution in [0.3, 0.4) is 0 Å². The van der Waals surface area contributed by atoms with Crippen LogP contribution in [0.15, 0.2) is 18.2 Å². The van der Waals surface area contributed by atoms with Crippen LogP contribution in [0.4, 0.5) is 5.69 Å². The molecule has 0 atom stereocenters. The molecule has 2 rings (SSSR count). The van der Waals surface area contributed by atoms with Gasteiger partial charge >= 0.3 is 0 Å². The Morgan fingerprint density at radius 2 is 2.20 bits per heavy atom. The maximum atomic E-state index is 9.15. The summed E-state index contributed by atoms with van der Waals surface area (Å²) in [6.45, 7) is 0. The van der Waals surface area contributed by atoms with E-state index in [1.54, 1.807) is 12.1 Å². The fourth-order valence-corrected chi connectivity index (χ4v) is 1.90. The molecule has 3 nitrogen and oxygen atoms in total. The van der Waals surface area contributed by atoms with Crippen molar-refractivity contribution >= 4 is 17.3 Å². The quantitative estimate of drug-likeness (QED) is 0.806. The van der Waals surface area contributed by atoms with Gasteiger partial charge in [0, 0.05) is 6.04 Å². The number of nitrogens with zero attached hydrogens (tertiary/aromatic N) is 1. The first-order valence-electron chi connectivity index (χ1n) is 4.84. The number of hydrogen-bond acceptors (Lipinski definition) is 3. The Morgan fingerprint density at radius 1 is 1.47 bits per heavy atom. The van der Waals surface area contributed by atoms with E-state index in [9.17, 15) is 0 Å². The van der Waals surface area contributed by atoms with Crippen molar-refractivity contribution in [1.82, 2.24) is 0 Å². The number of benzene rings is 1. The van der Waals surface area contributed by atoms with E-state index in [-0.39, 0.29) is 12.1 Å². The number of nitrogens with one attached hydrogen (secondary N) is 1. The maximum Gasteiger partial charge on any atom is 0.103 e. The molecule has 0 aliphatic heterocycles. The molecule has 0 radical (unpaired) electrons. The lowest BCUT2D eigenvalue weighted by atomic mass is 9.89. The molecule has 1 aromatic rings. The van der Waals surface area contributed by atoms with E-state index in [0.717, 1.165) is 18.5 Å². The summed E-state index contributed by atoms with van der Waals surface area (Å²) < 4.78 is 0. The van der Waals surface area contributed by atoms with Crippen LogP contribution in [0.25, 0.3) is 0 Å². The monoisotopic (exact) mass is 222 g/mol. The molecule has 0 spiro atoms. The summed E-state index contributed by atoms with van der Waals surface area (Å²) >= 11 is 5.89. The number of halogens is 1. The fraction of sp³-hybridized carbons (Fsp3) is 0.364. The third-order valence-corrected chi connectivity index (χ3v) is 2.91. The van der Waals surface area contributed by atoms with Gasteiger partial charge in [-0.15, -0.1) is 0 Å². The van der Waals surface area contributed by atoms with Crippen LogP contribution in [-0.2, 0) is 0 Å². The van der Waals surface area contributed by atoms with E-state index in [2.05, 4.69) is 11.4 Å². The molecule has 0 heterocycles. The highest BCUT2D eigenvalue weighted by Crippen LogP contribution is 2.28. The van der Waals surface area contributed by atoms with Crippen molar-refractivity contribution in [2.24, 2.45) is 0 Å². The van der Waals surface area contributed by atoms with Crippen molar-refractivity contribution in [3.63, 3.8) is 0 Å². The van der Waals surface area contributed by atoms with Crippen LogP contribution < -0.4 is 5.32 Å². The van der Waals surface area contributed by atoms with Gasteiger partial charge in [-0.1, -0.05) is 17.7 Å². The largest absolute Gasteiger partial charge is 0.393 e. The number of aliphatic hydroxyl groups excluding tert-OH is 1. The maximum absolute atomic E-state index is 9.15. The predicted molar refractivity (Wildman–Crippen MR) is 58.8 cm³/mol. The Hall–Kier alpha value is -1.24. The van der Waals surface area contributed by atoms with Crippen molar-refractivity contribution in [3.8, 4) is 6.07 Å². The van der Waals surface area contributed by atoms with Crippen molar-refractivity contribution in [3.05, 3.63) is 28.8 Å². The lowest BCUT2D eigenvalue weighted by Gasteiger charge is -2.33. The summed E-state index contributed by atoms with van der Waals surface area (Å²) in [5, 5.41) is 21.7. The van der Waals surface area contributed by atoms with E-state index in [1.165, 1.54) is 0 Å². The second-order valence-electron chi connectivity index (χ2n) is 3.74. The minimum absolute atomic E-state index is 0.202. The molecule has 78 valence electrons. The molecule has 1 aromatic carbocycles. The van der Waals surface area contributed by atoms with Crippen LogP contribution in [0.5, 0.6) is 0 Å². The summed E-state index contributed by atoms with van der Waals surface area (Å²) in [7, 11) is 0. The van der Waals surface area contributed by atoms with Gasteiger partial charge in [0.05, 0.1) is 22.4 Å². The predicted octanol–water partition coefficient (Wildman–Crippen LogP) is 2.15. The van der Waals surface area contributed by atoms with Gasteiger partial charge in [-0.2, -0.15) is 5.26 Å². The van der Waals surface area contributed by atoms with Gasteiger partial charge in [0.1, 0.15) is 6.07 Å². The summed E-state index contributed by atoms with van der Waals surface area (Å²) in [5.41, 5.74) is 1.22. The van der Waals surface area contributed by atoms with Gasteiger partial charge in [-0.05, 0) is 25.0 Å². The standard InChI is InChI=1S/C11H11ClN2O/c12-10-2-1-3-11(9(10)6-13)14-7-4-8(15)5-7/h1-3,7-8,14-15H,4-5H2. The van der Waals surface area contributed by atoms with Crippen LogP contribution in [0, 0.1) is 11.3 Å². The fourth-order valence-electron chi connectivity index (χ4n) is 1.68. The minimum atomic E-state index is -0.202. The van der Waals surface area contributed by atoms with Crippen molar-refractivity contribution in [2.75, 3.05) is 5.32 Å². The second-order valence-corrected chi connectivity index (χ2v) is 4.15. The summed E-state index contributed by atoms with van der Waals surface area (Å²) in [5.74, 6) is 0. The molecule has 1 saturated carbocycles. The lowest BCUT2D eigenvalue weighted by Crippen LogP contribution is -2.39. The summed E-state index contributed by atoms with van der Waals surface area (Å²) in [4.78, 5) is 0. The lowest BCUT2D eigenvalue weighted by molar-refractivity contribution is 0.0836. The zero-order valence-corrected chi connectivity index (χ0v) is 8.83. The minimum Gasteiger partial charge on any atom is -0.393 e. The first kappa shape index (κ1) is 10.3. The Labute approximate surface area is 93.3 Å². The molecular weight excluding hydrogens is 212 g/mol. The smallest absolute Gasteiger partial charge is 0.103 e. The zero-order valence-electron chi connectivity index (χ0n) is 8.07. The van der Waals surface area contributed by atoms with E-state index in [4.69, 9.17) is 22.0 Å². The van der Waals surface area contributed by atoms with Crippen LogP contribution in [0.1, 0.15) is 18.4 Å². The van der Waals surface area contributed by atoms with Gasteiger partial charge in [0.25, 0.3) is 0 Å². The number of rotatable bonds is 2. The second kappa shape index (κ2) is 4.09. The number of anilines is 1. The Kier molecular flexibility index (Phi) is 2.81. The molecule has 0 amide bonds. The Bertz CT molecular complexity index is 408. The molecule has 2 N–H and O–H groups in total. The zero-order chi connectivity index (χ0) is 10.8. The Balaban J connectivity index is 2.15. The van der Waals surface area contributed by atoms with Crippen molar-refractivity contribution < 1.29 is 5.11 Å². The molecule has 4 heteroatoms. The van der Waals surface area contributed by atoms with Crippen LogP contribution >= 0.6 is 11.6 Å². The third kappa shape index (κ3) is 2.06. The van der Waals surface area contributed by atoms with E-state index in [1.807, 2.05) is 6.07 Å². The van der Waals surface area contributed by atoms with E-state index >= 15 is 0 Å². The molecular formula is C11H11ClN2O. The molecule has 15 heavy (non-hydrogen) atoms. The molecule has 0 saturated heterocycles. The molecule has 0 aromatic heterocycles. The van der Waals surface area contributed by atoms with Gasteiger partial charge in [0.2, 0.25) is 0 Å². The number of aliphatic hydroxyl groups is 1. The molecule has 1 aliphatic carbocycles. The van der Waals surface area contributed by atoms with Crippen molar-refractivity contribution in [2.45, 2.75) is 25.0 Å². The van der Waals surface area contributed by atoms with Gasteiger partial charge in [-0.25, -0.2) is 0 Å². The van der Waals surface area contributed by atoms with Crippen molar-refractivity contribution in [1.29, 1.82) is 5.26 Å². The summed E-state index contributed by atoms with van der Waals surface area (Å²) in [6, 6.07) is 7.66. The highest BCUT2D eigenvalue weighted by atomic mass is 35.5. The SMILES string of the molecule is N#Cc1c(Cl)cccc1NC1CC(O)C1. The summed E-state index contributed by atoms with van der Waals surface area (Å²) in [6.07, 6.45) is 1.27. The highest BCUT2D eigenvalue weighted by molar-refractivity contribution is 6.32. The van der Waals surface area contributed by atoms with E-state index < -0.39 is 0 Å². The Morgan fingerprint density at radius 3 is 2.80 bits per heavy atom. The number of hydrogen-bond donors (Lipinski definition) is 2. The van der Waals surface area contributed by atoms with Gasteiger partial charge in [-0.3, -0.25) is 0 Å². The molecule has 1 aliphatic rings. The van der Waals surface area contributed by atoms with Gasteiger partial charge < -0.3 is 10.4 Å². The normalized spacial score (nSPS) is 24.1. The number of nitriles is 1. The topological polar surface area (TPSA) is 56.0 Å². The average Bonchev–Trinajstić information content (AvgIpc) is 2.16. The third-order valence-electron chi connectivity index (χ3n) is 2.60. The molecule has 1 fully saturated rings. The van der Waals surface area contributed by atoms with Gasteiger partial charge in [0.15, 0.2) is 0 Å². The first-order chi connectivity index (χ1) is 7.20. The molecule has 0 unspecified atom stereocenters. The first-order valence-corrected chi connectivity index (χ1v) is 5.21. The average molecular weight is 223 g/mol. The highest BCUT2D eigenvalue weighted by Gasteiger charge is 2.27. The van der Waals surface area contributed by atoms with E-state index in [0.29, 0.717) is 10.6 Å².